The van der Waals surface area contributed by atoms with E-state index in [0.29, 0.717) is 6.54 Å². The van der Waals surface area contributed by atoms with Crippen LogP contribution in [0.3, 0.4) is 0 Å². The molecule has 0 aliphatic rings. The minimum Gasteiger partial charge on any atom is -0.370 e. The predicted molar refractivity (Wildman–Crippen MR) is 66.4 cm³/mol. The molecule has 0 unspecified atom stereocenters. The van der Waals surface area contributed by atoms with Gasteiger partial charge in [0.15, 0.2) is 5.96 Å². The third-order valence-electron chi connectivity index (χ3n) is 1.45. The number of nitrogens with two attached hydrogens (primary N) is 2. The van der Waals surface area contributed by atoms with Crippen LogP contribution in [0, 0.1) is 3.57 Å². The van der Waals surface area contributed by atoms with Gasteiger partial charge in [0.25, 0.3) is 0 Å². The Morgan fingerprint density at radius 1 is 1.46 bits per heavy atom. The number of rotatable bonds is 2. The van der Waals surface area contributed by atoms with Crippen molar-refractivity contribution in [1.29, 1.82) is 0 Å². The quantitative estimate of drug-likeness (QED) is 0.484. The van der Waals surface area contributed by atoms with E-state index >= 15 is 0 Å². The summed E-state index contributed by atoms with van der Waals surface area (Å²) in [5.74, 6) is 0.124. The average Bonchev–Trinajstić information content (AvgIpc) is 2.02. The fourth-order valence-electron chi connectivity index (χ4n) is 0.826. The van der Waals surface area contributed by atoms with Crippen LogP contribution >= 0.6 is 38.5 Å². The number of aliphatic imine (C=N–C) groups is 1. The van der Waals surface area contributed by atoms with Crippen molar-refractivity contribution in [3.63, 3.8) is 0 Å². The van der Waals surface area contributed by atoms with Crippen LogP contribution < -0.4 is 11.5 Å². The first kappa shape index (κ1) is 10.8. The van der Waals surface area contributed by atoms with E-state index in [4.69, 9.17) is 11.5 Å². The zero-order chi connectivity index (χ0) is 9.84. The molecule has 0 fully saturated rings. The molecule has 0 saturated carbocycles. The van der Waals surface area contributed by atoms with Gasteiger partial charge in [-0.25, -0.2) is 4.99 Å². The topological polar surface area (TPSA) is 64.4 Å². The maximum atomic E-state index is 5.24. The van der Waals surface area contributed by atoms with E-state index in [9.17, 15) is 0 Å². The maximum Gasteiger partial charge on any atom is 0.186 e. The monoisotopic (exact) mass is 353 g/mol. The van der Waals surface area contributed by atoms with Crippen LogP contribution in [0.4, 0.5) is 0 Å². The van der Waals surface area contributed by atoms with Gasteiger partial charge in [0.1, 0.15) is 0 Å². The lowest BCUT2D eigenvalue weighted by atomic mass is 10.2. The van der Waals surface area contributed by atoms with Gasteiger partial charge in [0.05, 0.1) is 6.54 Å². The number of benzene rings is 1. The Labute approximate surface area is 98.9 Å². The summed E-state index contributed by atoms with van der Waals surface area (Å²) in [6.45, 7) is 0.536. The van der Waals surface area contributed by atoms with Crippen LogP contribution in [-0.2, 0) is 6.54 Å². The van der Waals surface area contributed by atoms with Crippen LogP contribution in [0.5, 0.6) is 0 Å². The first-order valence-electron chi connectivity index (χ1n) is 3.59. The van der Waals surface area contributed by atoms with E-state index in [0.717, 1.165) is 13.6 Å². The van der Waals surface area contributed by atoms with Crippen molar-refractivity contribution in [1.82, 2.24) is 0 Å². The molecule has 0 aliphatic carbocycles. The highest BCUT2D eigenvalue weighted by Crippen LogP contribution is 2.18. The summed E-state index contributed by atoms with van der Waals surface area (Å²) in [7, 11) is 0. The van der Waals surface area contributed by atoms with Crippen LogP contribution in [-0.4, -0.2) is 5.96 Å². The van der Waals surface area contributed by atoms with Crippen LogP contribution in [0.25, 0.3) is 0 Å². The molecule has 3 nitrogen and oxygen atoms in total. The summed E-state index contributed by atoms with van der Waals surface area (Å²) in [6, 6.07) is 6.00. The highest BCUT2D eigenvalue weighted by molar-refractivity contribution is 14.1. The molecule has 0 spiro atoms. The summed E-state index contributed by atoms with van der Waals surface area (Å²) in [4.78, 5) is 3.94. The van der Waals surface area contributed by atoms with E-state index in [1.807, 2.05) is 18.2 Å². The van der Waals surface area contributed by atoms with Crippen LogP contribution in [0.15, 0.2) is 27.7 Å². The number of guanidine groups is 1. The molecule has 70 valence electrons. The van der Waals surface area contributed by atoms with Crippen molar-refractivity contribution in [3.8, 4) is 0 Å². The number of hydrogen-bond acceptors (Lipinski definition) is 1. The van der Waals surface area contributed by atoms with Gasteiger partial charge >= 0.3 is 0 Å². The van der Waals surface area contributed by atoms with Crippen LogP contribution in [0.2, 0.25) is 0 Å². The first-order valence-corrected chi connectivity index (χ1v) is 5.46. The van der Waals surface area contributed by atoms with Gasteiger partial charge in [-0.2, -0.15) is 0 Å². The minimum absolute atomic E-state index is 0.124. The predicted octanol–water partition coefficient (Wildman–Crippen LogP) is 1.83. The first-order chi connectivity index (χ1) is 6.09. The molecule has 5 heteroatoms. The second-order valence-electron chi connectivity index (χ2n) is 2.48. The fourth-order valence-corrected chi connectivity index (χ4v) is 2.30. The van der Waals surface area contributed by atoms with E-state index in [2.05, 4.69) is 43.5 Å². The molecule has 0 aliphatic heterocycles. The third-order valence-corrected chi connectivity index (χ3v) is 2.94. The second kappa shape index (κ2) is 4.80. The van der Waals surface area contributed by atoms with Crippen molar-refractivity contribution in [2.45, 2.75) is 6.54 Å². The highest BCUT2D eigenvalue weighted by Gasteiger charge is 1.98. The Morgan fingerprint density at radius 2 is 2.15 bits per heavy atom. The van der Waals surface area contributed by atoms with Crippen molar-refractivity contribution in [2.24, 2.45) is 16.5 Å². The molecule has 0 aromatic heterocycles. The Bertz CT molecular complexity index is 334. The molecule has 1 aromatic carbocycles. The van der Waals surface area contributed by atoms with Crippen molar-refractivity contribution >= 4 is 44.5 Å². The third kappa shape index (κ3) is 3.51. The summed E-state index contributed by atoms with van der Waals surface area (Å²) < 4.78 is 2.21. The Balaban J connectivity index is 2.84. The molecule has 0 saturated heterocycles. The largest absolute Gasteiger partial charge is 0.370 e. The summed E-state index contributed by atoms with van der Waals surface area (Å²) in [5.41, 5.74) is 11.6. The molecule has 0 radical (unpaired) electrons. The van der Waals surface area contributed by atoms with Gasteiger partial charge in [-0.3, -0.25) is 0 Å². The van der Waals surface area contributed by atoms with Gasteiger partial charge in [-0.1, -0.05) is 22.0 Å². The molecule has 1 aromatic rings. The summed E-state index contributed by atoms with van der Waals surface area (Å²) >= 11 is 5.64. The maximum absolute atomic E-state index is 5.24. The van der Waals surface area contributed by atoms with Crippen molar-refractivity contribution in [2.75, 3.05) is 0 Å². The van der Waals surface area contributed by atoms with Gasteiger partial charge in [0, 0.05) is 8.04 Å². The smallest absolute Gasteiger partial charge is 0.186 e. The van der Waals surface area contributed by atoms with Gasteiger partial charge < -0.3 is 11.5 Å². The molecule has 0 atom stereocenters. The number of hydrogen-bond donors (Lipinski definition) is 2. The zero-order valence-corrected chi connectivity index (χ0v) is 10.5. The van der Waals surface area contributed by atoms with E-state index in [1.165, 1.54) is 0 Å². The lowest BCUT2D eigenvalue weighted by molar-refractivity contribution is 1.04. The van der Waals surface area contributed by atoms with Gasteiger partial charge in [-0.05, 0) is 40.3 Å². The Morgan fingerprint density at radius 3 is 2.69 bits per heavy atom. The lowest BCUT2D eigenvalue weighted by Gasteiger charge is -2.01. The normalized spacial score (nSPS) is 9.69. The second-order valence-corrected chi connectivity index (χ2v) is 4.55. The molecule has 0 heterocycles. The minimum atomic E-state index is 0.124. The Kier molecular flexibility index (Phi) is 3.98. The average molecular weight is 354 g/mol. The van der Waals surface area contributed by atoms with Crippen molar-refractivity contribution in [3.05, 3.63) is 31.8 Å². The summed E-state index contributed by atoms with van der Waals surface area (Å²) in [5, 5.41) is 0. The molecule has 4 N–H and O–H groups in total. The van der Waals surface area contributed by atoms with Gasteiger partial charge in [0.2, 0.25) is 0 Å². The lowest BCUT2D eigenvalue weighted by Crippen LogP contribution is -2.22. The molecule has 13 heavy (non-hydrogen) atoms. The van der Waals surface area contributed by atoms with Crippen molar-refractivity contribution < 1.29 is 0 Å². The fraction of sp³-hybridized carbons (Fsp3) is 0.125. The molecule has 0 bridgehead atoms. The van der Waals surface area contributed by atoms with Gasteiger partial charge in [-0.15, -0.1) is 0 Å². The number of halogens is 2. The molecular weight excluding hydrogens is 345 g/mol. The Hall–Kier alpha value is -0.300. The molecule has 0 amide bonds. The molecular formula is C8H9BrIN3. The zero-order valence-electron chi connectivity index (χ0n) is 6.80. The molecule has 1 rings (SSSR count). The standard InChI is InChI=1S/C8H9BrIN3/c9-6-2-1-5(7(10)3-6)4-13-8(11)12/h1-3H,4H2,(H4,11,12,13). The highest BCUT2D eigenvalue weighted by atomic mass is 127. The van der Waals surface area contributed by atoms with E-state index in [-0.39, 0.29) is 5.96 Å². The SMILES string of the molecule is NC(N)=NCc1ccc(Br)cc1I. The van der Waals surface area contributed by atoms with E-state index < -0.39 is 0 Å². The summed E-state index contributed by atoms with van der Waals surface area (Å²) in [6.07, 6.45) is 0. The van der Waals surface area contributed by atoms with E-state index in [1.54, 1.807) is 0 Å². The van der Waals surface area contributed by atoms with Crippen LogP contribution in [0.1, 0.15) is 5.56 Å². The number of nitrogens with zero attached hydrogens (tertiary/aromatic N) is 1.